The quantitative estimate of drug-likeness (QED) is 0.785. The van der Waals surface area contributed by atoms with Gasteiger partial charge in [-0.1, -0.05) is 33.1 Å². The number of carbonyl (C=O) groups is 1. The molecule has 0 radical (unpaired) electrons. The van der Waals surface area contributed by atoms with Gasteiger partial charge in [-0.25, -0.2) is 0 Å². The van der Waals surface area contributed by atoms with Crippen LogP contribution < -0.4 is 0 Å². The predicted molar refractivity (Wildman–Crippen MR) is 65.5 cm³/mol. The van der Waals surface area contributed by atoms with Gasteiger partial charge in [0.15, 0.2) is 0 Å². The molecule has 1 aliphatic rings. The van der Waals surface area contributed by atoms with Gasteiger partial charge >= 0.3 is 5.97 Å². The van der Waals surface area contributed by atoms with Crippen molar-refractivity contribution in [2.75, 3.05) is 7.05 Å². The van der Waals surface area contributed by atoms with E-state index < -0.39 is 5.97 Å². The van der Waals surface area contributed by atoms with Crippen molar-refractivity contribution in [3.8, 4) is 0 Å². The van der Waals surface area contributed by atoms with Gasteiger partial charge in [0.25, 0.3) is 0 Å². The number of likely N-dealkylation sites (N-methyl/N-ethyl adjacent to an activating group) is 1. The number of carboxylic acid groups (broad SMARTS) is 1. The first-order chi connectivity index (χ1) is 7.52. The zero-order valence-electron chi connectivity index (χ0n) is 10.8. The molecule has 1 fully saturated rings. The summed E-state index contributed by atoms with van der Waals surface area (Å²) in [6, 6.07) is 0.177. The zero-order chi connectivity index (χ0) is 12.1. The van der Waals surface area contributed by atoms with E-state index in [0.29, 0.717) is 12.0 Å². The Morgan fingerprint density at radius 2 is 1.88 bits per heavy atom. The lowest BCUT2D eigenvalue weighted by atomic mass is 9.92. The molecule has 1 N–H and O–H groups in total. The summed E-state index contributed by atoms with van der Waals surface area (Å²) in [7, 11) is 1.98. The van der Waals surface area contributed by atoms with Crippen LogP contribution in [0.3, 0.4) is 0 Å². The van der Waals surface area contributed by atoms with E-state index in [2.05, 4.69) is 18.7 Å². The Morgan fingerprint density at radius 3 is 2.31 bits per heavy atom. The van der Waals surface area contributed by atoms with Gasteiger partial charge in [-0.05, 0) is 32.2 Å². The summed E-state index contributed by atoms with van der Waals surface area (Å²) < 4.78 is 0. The van der Waals surface area contributed by atoms with Gasteiger partial charge in [0.2, 0.25) is 0 Å². The van der Waals surface area contributed by atoms with E-state index in [9.17, 15) is 9.90 Å². The number of hydrogen-bond donors (Lipinski definition) is 1. The molecule has 1 saturated carbocycles. The van der Waals surface area contributed by atoms with Crippen LogP contribution in [0.2, 0.25) is 0 Å². The SMILES string of the molecule is CC(C)CC(C(=O)O)N(C)C1CCCCC1. The molecule has 0 bridgehead atoms. The maximum atomic E-state index is 11.3. The molecule has 1 unspecified atom stereocenters. The summed E-state index contributed by atoms with van der Waals surface area (Å²) in [5, 5.41) is 9.28. The molecule has 0 heterocycles. The maximum Gasteiger partial charge on any atom is 0.320 e. The Labute approximate surface area is 98.8 Å². The van der Waals surface area contributed by atoms with Crippen molar-refractivity contribution in [3.05, 3.63) is 0 Å². The van der Waals surface area contributed by atoms with Gasteiger partial charge in [0.05, 0.1) is 0 Å². The molecular formula is C13H25NO2. The minimum atomic E-state index is -0.665. The summed E-state index contributed by atoms with van der Waals surface area (Å²) >= 11 is 0. The standard InChI is InChI=1S/C13H25NO2/c1-10(2)9-12(13(15)16)14(3)11-7-5-4-6-8-11/h10-12H,4-9H2,1-3H3,(H,15,16). The van der Waals surface area contributed by atoms with Crippen LogP contribution in [0.25, 0.3) is 0 Å². The van der Waals surface area contributed by atoms with Crippen LogP contribution in [0.5, 0.6) is 0 Å². The van der Waals surface area contributed by atoms with Crippen molar-refractivity contribution in [1.29, 1.82) is 0 Å². The Hall–Kier alpha value is -0.570. The van der Waals surface area contributed by atoms with Crippen molar-refractivity contribution in [3.63, 3.8) is 0 Å². The van der Waals surface area contributed by atoms with Crippen molar-refractivity contribution in [1.82, 2.24) is 4.90 Å². The average Bonchev–Trinajstić information content (AvgIpc) is 2.25. The summed E-state index contributed by atoms with van der Waals surface area (Å²) in [5.74, 6) is -0.228. The van der Waals surface area contributed by atoms with Crippen LogP contribution in [0.15, 0.2) is 0 Å². The van der Waals surface area contributed by atoms with Gasteiger partial charge in [-0.2, -0.15) is 0 Å². The number of hydrogen-bond acceptors (Lipinski definition) is 2. The third-order valence-electron chi connectivity index (χ3n) is 3.62. The van der Waals surface area contributed by atoms with E-state index in [1.165, 1.54) is 32.1 Å². The molecule has 0 saturated heterocycles. The number of rotatable bonds is 5. The number of aliphatic carboxylic acids is 1. The molecule has 3 heteroatoms. The fourth-order valence-corrected chi connectivity index (χ4v) is 2.63. The highest BCUT2D eigenvalue weighted by Gasteiger charge is 2.29. The van der Waals surface area contributed by atoms with E-state index >= 15 is 0 Å². The largest absolute Gasteiger partial charge is 0.480 e. The molecule has 16 heavy (non-hydrogen) atoms. The van der Waals surface area contributed by atoms with Gasteiger partial charge in [-0.3, -0.25) is 9.69 Å². The average molecular weight is 227 g/mol. The predicted octanol–water partition coefficient (Wildman–Crippen LogP) is 2.75. The highest BCUT2D eigenvalue weighted by Crippen LogP contribution is 2.24. The van der Waals surface area contributed by atoms with Gasteiger partial charge in [0, 0.05) is 6.04 Å². The second-order valence-electron chi connectivity index (χ2n) is 5.44. The molecule has 0 aliphatic heterocycles. The van der Waals surface area contributed by atoms with Gasteiger partial charge in [0.1, 0.15) is 6.04 Å². The molecule has 0 amide bonds. The maximum absolute atomic E-state index is 11.3. The third-order valence-corrected chi connectivity index (χ3v) is 3.62. The minimum absolute atomic E-state index is 0.303. The molecule has 0 aromatic heterocycles. The lowest BCUT2D eigenvalue weighted by Crippen LogP contribution is -2.46. The van der Waals surface area contributed by atoms with Crippen molar-refractivity contribution < 1.29 is 9.90 Å². The number of nitrogens with zero attached hydrogens (tertiary/aromatic N) is 1. The highest BCUT2D eigenvalue weighted by molar-refractivity contribution is 5.73. The van der Waals surface area contributed by atoms with Crippen LogP contribution in [-0.2, 0) is 4.79 Å². The molecular weight excluding hydrogens is 202 g/mol. The van der Waals surface area contributed by atoms with Gasteiger partial charge in [-0.15, -0.1) is 0 Å². The minimum Gasteiger partial charge on any atom is -0.480 e. The summed E-state index contributed by atoms with van der Waals surface area (Å²) in [4.78, 5) is 13.4. The Balaban J connectivity index is 2.58. The van der Waals surface area contributed by atoms with E-state index in [1.54, 1.807) is 0 Å². The molecule has 0 spiro atoms. The highest BCUT2D eigenvalue weighted by atomic mass is 16.4. The first-order valence-electron chi connectivity index (χ1n) is 6.47. The molecule has 1 aliphatic carbocycles. The van der Waals surface area contributed by atoms with Crippen molar-refractivity contribution in [2.24, 2.45) is 5.92 Å². The second-order valence-corrected chi connectivity index (χ2v) is 5.44. The van der Waals surface area contributed by atoms with Gasteiger partial charge < -0.3 is 5.11 Å². The molecule has 0 aromatic carbocycles. The Morgan fingerprint density at radius 1 is 1.31 bits per heavy atom. The number of carboxylic acids is 1. The molecule has 1 atom stereocenters. The first kappa shape index (κ1) is 13.5. The lowest BCUT2D eigenvalue weighted by Gasteiger charge is -2.35. The van der Waals surface area contributed by atoms with Crippen LogP contribution in [0.1, 0.15) is 52.4 Å². The third kappa shape index (κ3) is 3.78. The van der Waals surface area contributed by atoms with Crippen molar-refractivity contribution in [2.45, 2.75) is 64.5 Å². The Bertz CT molecular complexity index is 222. The van der Waals surface area contributed by atoms with Crippen LogP contribution >= 0.6 is 0 Å². The van der Waals surface area contributed by atoms with E-state index in [1.807, 2.05) is 7.05 Å². The van der Waals surface area contributed by atoms with Crippen LogP contribution in [0, 0.1) is 5.92 Å². The summed E-state index contributed by atoms with van der Waals surface area (Å²) in [6.45, 7) is 4.18. The molecule has 0 aromatic rings. The van der Waals surface area contributed by atoms with Crippen LogP contribution in [0.4, 0.5) is 0 Å². The monoisotopic (exact) mass is 227 g/mol. The van der Waals surface area contributed by atoms with Crippen LogP contribution in [-0.4, -0.2) is 35.1 Å². The summed E-state index contributed by atoms with van der Waals surface area (Å²) in [5.41, 5.74) is 0. The van der Waals surface area contributed by atoms with E-state index in [4.69, 9.17) is 0 Å². The first-order valence-corrected chi connectivity index (χ1v) is 6.47. The topological polar surface area (TPSA) is 40.5 Å². The lowest BCUT2D eigenvalue weighted by molar-refractivity contribution is -0.144. The fourth-order valence-electron chi connectivity index (χ4n) is 2.63. The zero-order valence-corrected chi connectivity index (χ0v) is 10.8. The fraction of sp³-hybridized carbons (Fsp3) is 0.923. The van der Waals surface area contributed by atoms with Crippen molar-refractivity contribution >= 4 is 5.97 Å². The molecule has 1 rings (SSSR count). The smallest absolute Gasteiger partial charge is 0.320 e. The van der Waals surface area contributed by atoms with E-state index in [-0.39, 0.29) is 6.04 Å². The summed E-state index contributed by atoms with van der Waals surface area (Å²) in [6.07, 6.45) is 6.90. The molecule has 94 valence electrons. The normalized spacial score (nSPS) is 20.3. The Kier molecular flexibility index (Phi) is 5.26. The van der Waals surface area contributed by atoms with E-state index in [0.717, 1.165) is 6.42 Å². The second kappa shape index (κ2) is 6.24. The molecule has 3 nitrogen and oxygen atoms in total.